The predicted molar refractivity (Wildman–Crippen MR) is 149 cm³/mol. The Kier molecular flexibility index (Phi) is 7.63. The Labute approximate surface area is 239 Å². The number of fused-ring (bicyclic) bond motifs is 1. The largest absolute Gasteiger partial charge is 0.385 e. The van der Waals surface area contributed by atoms with E-state index in [1.54, 1.807) is 48.5 Å². The van der Waals surface area contributed by atoms with Crippen molar-refractivity contribution in [2.45, 2.75) is 37.5 Å². The molecule has 0 aliphatic carbocycles. The van der Waals surface area contributed by atoms with Crippen molar-refractivity contribution in [1.29, 1.82) is 0 Å². The zero-order valence-corrected chi connectivity index (χ0v) is 24.0. The van der Waals surface area contributed by atoms with Crippen molar-refractivity contribution in [3.8, 4) is 0 Å². The molecule has 1 fully saturated rings. The molecule has 0 spiro atoms. The average molecular weight is 623 g/mol. The van der Waals surface area contributed by atoms with E-state index in [9.17, 15) is 9.90 Å². The van der Waals surface area contributed by atoms with Crippen LogP contribution in [0, 0.1) is 11.7 Å². The van der Waals surface area contributed by atoms with Gasteiger partial charge in [0.1, 0.15) is 5.82 Å². The molecule has 1 saturated heterocycles. The van der Waals surface area contributed by atoms with Crippen molar-refractivity contribution in [2.24, 2.45) is 5.92 Å². The van der Waals surface area contributed by atoms with Gasteiger partial charge in [-0.1, -0.05) is 42.3 Å². The number of methoxy groups -OCH3 is 1. The van der Waals surface area contributed by atoms with Crippen LogP contribution in [-0.4, -0.2) is 31.3 Å². The molecule has 1 N–H and O–H groups in total. The van der Waals surface area contributed by atoms with Crippen LogP contribution in [-0.2, 0) is 20.8 Å². The Morgan fingerprint density at radius 3 is 2.39 bits per heavy atom. The summed E-state index contributed by atoms with van der Waals surface area (Å²) < 4.78 is 28.5. The maximum absolute atomic E-state index is 16.4. The van der Waals surface area contributed by atoms with Crippen LogP contribution in [0.5, 0.6) is 0 Å². The summed E-state index contributed by atoms with van der Waals surface area (Å²) in [6.45, 7) is 2.93. The molecule has 38 heavy (non-hydrogen) atoms. The zero-order valence-electron chi connectivity index (χ0n) is 20.9. The van der Waals surface area contributed by atoms with E-state index in [1.165, 1.54) is 18.1 Å². The number of halogens is 4. The molecule has 0 unspecified atom stereocenters. The number of rotatable bonds is 6. The van der Waals surface area contributed by atoms with Gasteiger partial charge in [-0.3, -0.25) is 9.69 Å². The third-order valence-electron chi connectivity index (χ3n) is 7.79. The van der Waals surface area contributed by atoms with E-state index < -0.39 is 23.1 Å². The van der Waals surface area contributed by atoms with E-state index in [0.717, 1.165) is 0 Å². The maximum atomic E-state index is 16.4. The molecule has 2 atom stereocenters. The standard InChI is InChI=1S/C29H27BrCl2FNO4/c1-3-28(36,17-10-12-38-13-11-17)19-14-22-26(24(33)15-19)29(37-2,18-4-6-20(31)7-5-18)34(27(22)35)25-9-8-21(32)16-23(25)30/h4-9,14-17,36H,3,10-13H2,1-2H3/t28-,29+/m0/s1. The van der Waals surface area contributed by atoms with Gasteiger partial charge in [-0.25, -0.2) is 4.39 Å². The first-order valence-electron chi connectivity index (χ1n) is 12.4. The highest BCUT2D eigenvalue weighted by Crippen LogP contribution is 2.51. The van der Waals surface area contributed by atoms with Crippen LogP contribution in [0.3, 0.4) is 0 Å². The molecule has 2 heterocycles. The molecule has 3 aromatic carbocycles. The van der Waals surface area contributed by atoms with Gasteiger partial charge >= 0.3 is 0 Å². The number of anilines is 1. The van der Waals surface area contributed by atoms with Gasteiger partial charge < -0.3 is 14.6 Å². The molecule has 2 aliphatic rings. The number of aliphatic hydroxyl groups is 1. The fourth-order valence-corrected chi connectivity index (χ4v) is 6.84. The normalized spacial score (nSPS) is 21.4. The highest BCUT2D eigenvalue weighted by atomic mass is 79.9. The summed E-state index contributed by atoms with van der Waals surface area (Å²) in [5, 5.41) is 12.8. The van der Waals surface area contributed by atoms with Crippen LogP contribution in [0.1, 0.15) is 53.2 Å². The van der Waals surface area contributed by atoms with E-state index in [4.69, 9.17) is 32.7 Å². The molecule has 5 rings (SSSR count). The minimum atomic E-state index is -1.64. The Morgan fingerprint density at radius 2 is 1.79 bits per heavy atom. The van der Waals surface area contributed by atoms with Crippen molar-refractivity contribution >= 4 is 50.7 Å². The molecule has 0 saturated carbocycles. The molecule has 3 aromatic rings. The summed E-state index contributed by atoms with van der Waals surface area (Å²) in [5.41, 5.74) is -1.43. The molecule has 1 amide bonds. The third-order valence-corrected chi connectivity index (χ3v) is 8.92. The summed E-state index contributed by atoms with van der Waals surface area (Å²) >= 11 is 15.9. The first-order chi connectivity index (χ1) is 18.2. The SMILES string of the molecule is CC[C@@](O)(c1cc(F)c2c(c1)C(=O)N(c1ccc(Cl)cc1Br)[C@@]2(OC)c1ccc(Cl)cc1)C1CCOCC1. The van der Waals surface area contributed by atoms with E-state index >= 15 is 4.39 Å². The van der Waals surface area contributed by atoms with Crippen molar-refractivity contribution < 1.29 is 23.8 Å². The first kappa shape index (κ1) is 27.6. The van der Waals surface area contributed by atoms with E-state index in [0.29, 0.717) is 63.8 Å². The second kappa shape index (κ2) is 10.5. The Balaban J connectivity index is 1.77. The first-order valence-corrected chi connectivity index (χ1v) is 14.0. The lowest BCUT2D eigenvalue weighted by Gasteiger charge is -2.39. The number of benzene rings is 3. The molecule has 200 valence electrons. The Hall–Kier alpha value is -2.00. The molecule has 2 aliphatic heterocycles. The summed E-state index contributed by atoms with van der Waals surface area (Å²) in [6.07, 6.45) is 1.66. The average Bonchev–Trinajstić information content (AvgIpc) is 3.18. The number of amides is 1. The van der Waals surface area contributed by atoms with Gasteiger partial charge in [0.25, 0.3) is 5.91 Å². The molecule has 5 nitrogen and oxygen atoms in total. The van der Waals surface area contributed by atoms with Gasteiger partial charge in [0.15, 0.2) is 0 Å². The summed E-state index contributed by atoms with van der Waals surface area (Å²) in [6, 6.07) is 14.7. The Bertz CT molecular complexity index is 1380. The lowest BCUT2D eigenvalue weighted by atomic mass is 9.74. The lowest BCUT2D eigenvalue weighted by Crippen LogP contribution is -2.47. The topological polar surface area (TPSA) is 59.0 Å². The van der Waals surface area contributed by atoms with Crippen molar-refractivity contribution in [3.63, 3.8) is 0 Å². The van der Waals surface area contributed by atoms with Gasteiger partial charge in [0.05, 0.1) is 22.4 Å². The minimum absolute atomic E-state index is 0.0725. The summed E-state index contributed by atoms with van der Waals surface area (Å²) in [4.78, 5) is 15.7. The monoisotopic (exact) mass is 621 g/mol. The quantitative estimate of drug-likeness (QED) is 0.311. The van der Waals surface area contributed by atoms with Crippen LogP contribution in [0.4, 0.5) is 10.1 Å². The van der Waals surface area contributed by atoms with Crippen LogP contribution in [0.15, 0.2) is 59.1 Å². The fraction of sp³-hybridized carbons (Fsp3) is 0.345. The molecular formula is C29H27BrCl2FNO4. The number of hydrogen-bond donors (Lipinski definition) is 1. The van der Waals surface area contributed by atoms with E-state index in [-0.39, 0.29) is 17.0 Å². The molecule has 0 radical (unpaired) electrons. The highest BCUT2D eigenvalue weighted by Gasteiger charge is 2.55. The fourth-order valence-electron chi connectivity index (χ4n) is 5.85. The van der Waals surface area contributed by atoms with E-state index in [2.05, 4.69) is 15.9 Å². The number of nitrogens with zero attached hydrogens (tertiary/aromatic N) is 1. The van der Waals surface area contributed by atoms with Gasteiger partial charge in [0, 0.05) is 40.4 Å². The molecule has 9 heteroatoms. The number of hydrogen-bond acceptors (Lipinski definition) is 4. The molecule has 0 bridgehead atoms. The van der Waals surface area contributed by atoms with Crippen molar-refractivity contribution in [3.05, 3.63) is 97.2 Å². The lowest BCUT2D eigenvalue weighted by molar-refractivity contribution is -0.0733. The van der Waals surface area contributed by atoms with Crippen molar-refractivity contribution in [2.75, 3.05) is 25.2 Å². The number of carbonyl (C=O) groups is 1. The number of ether oxygens (including phenoxy) is 2. The number of carbonyl (C=O) groups excluding carboxylic acids is 1. The summed E-state index contributed by atoms with van der Waals surface area (Å²) in [5.74, 6) is -1.24. The zero-order chi connectivity index (χ0) is 27.2. The third kappa shape index (κ3) is 4.28. The predicted octanol–water partition coefficient (Wildman–Crippen LogP) is 7.43. The van der Waals surface area contributed by atoms with Crippen LogP contribution >= 0.6 is 39.1 Å². The highest BCUT2D eigenvalue weighted by molar-refractivity contribution is 9.10. The van der Waals surface area contributed by atoms with E-state index in [1.807, 2.05) is 6.92 Å². The smallest absolute Gasteiger partial charge is 0.261 e. The van der Waals surface area contributed by atoms with Gasteiger partial charge in [-0.05, 0) is 89.1 Å². The van der Waals surface area contributed by atoms with Crippen LogP contribution in [0.2, 0.25) is 10.0 Å². The van der Waals surface area contributed by atoms with Crippen LogP contribution < -0.4 is 4.90 Å². The second-order valence-electron chi connectivity index (χ2n) is 9.64. The van der Waals surface area contributed by atoms with Gasteiger partial charge in [-0.2, -0.15) is 0 Å². The molecular weight excluding hydrogens is 596 g/mol. The van der Waals surface area contributed by atoms with Gasteiger partial charge in [0.2, 0.25) is 5.72 Å². The van der Waals surface area contributed by atoms with Crippen LogP contribution in [0.25, 0.3) is 0 Å². The summed E-state index contributed by atoms with van der Waals surface area (Å²) in [7, 11) is 1.44. The molecule has 0 aromatic heterocycles. The van der Waals surface area contributed by atoms with Crippen molar-refractivity contribution in [1.82, 2.24) is 0 Å². The minimum Gasteiger partial charge on any atom is -0.385 e. The maximum Gasteiger partial charge on any atom is 0.261 e. The van der Waals surface area contributed by atoms with Gasteiger partial charge in [-0.15, -0.1) is 0 Å². The second-order valence-corrected chi connectivity index (χ2v) is 11.4. The Morgan fingerprint density at radius 1 is 1.13 bits per heavy atom.